The Balaban J connectivity index is 1.81. The minimum atomic E-state index is -1.85. The van der Waals surface area contributed by atoms with Gasteiger partial charge in [0.2, 0.25) is 0 Å². The SMILES string of the molecule is COC(=O)C12C(=O)N(c3ccccc3)C(=O)C1(C#N)C2C=Cc1ccccc1. The highest BCUT2D eigenvalue weighted by Crippen LogP contribution is 2.75. The molecule has 2 fully saturated rings. The standard InChI is InChI=1S/C22H16N2O4/c1-28-20(27)22-17(13-12-15-8-4-2-5-9-15)21(22,14-23)18(25)24(19(22)26)16-10-6-3-7-11-16/h2-13,17H,1H3. The Hall–Kier alpha value is -3.72. The molecule has 6 heteroatoms. The van der Waals surface area contributed by atoms with E-state index in [1.54, 1.807) is 42.5 Å². The van der Waals surface area contributed by atoms with Gasteiger partial charge in [-0.3, -0.25) is 14.4 Å². The molecule has 1 saturated heterocycles. The molecule has 138 valence electrons. The largest absolute Gasteiger partial charge is 0.468 e. The number of rotatable bonds is 4. The summed E-state index contributed by atoms with van der Waals surface area (Å²) in [7, 11) is 1.15. The molecule has 0 bridgehead atoms. The lowest BCUT2D eigenvalue weighted by Gasteiger charge is -2.20. The van der Waals surface area contributed by atoms with Crippen molar-refractivity contribution < 1.29 is 19.1 Å². The van der Waals surface area contributed by atoms with Crippen molar-refractivity contribution in [1.29, 1.82) is 5.26 Å². The molecule has 28 heavy (non-hydrogen) atoms. The number of benzene rings is 2. The number of nitrogens with zero attached hydrogens (tertiary/aromatic N) is 2. The van der Waals surface area contributed by atoms with Gasteiger partial charge in [-0.15, -0.1) is 0 Å². The zero-order chi connectivity index (χ0) is 19.9. The summed E-state index contributed by atoms with van der Waals surface area (Å²) in [6.07, 6.45) is 3.30. The van der Waals surface area contributed by atoms with Gasteiger partial charge in [0.05, 0.1) is 18.9 Å². The molecule has 3 unspecified atom stereocenters. The maximum atomic E-state index is 13.3. The predicted molar refractivity (Wildman–Crippen MR) is 100 cm³/mol. The fourth-order valence-electron chi connectivity index (χ4n) is 4.17. The second-order valence-electron chi connectivity index (χ2n) is 6.75. The number of allylic oxidation sites excluding steroid dienone is 1. The highest BCUT2D eigenvalue weighted by Gasteiger charge is 2.94. The Bertz CT molecular complexity index is 1040. The van der Waals surface area contributed by atoms with Gasteiger partial charge >= 0.3 is 5.97 Å². The fraction of sp³-hybridized carbons (Fsp3) is 0.182. The van der Waals surface area contributed by atoms with Crippen LogP contribution in [0.25, 0.3) is 6.08 Å². The Morgan fingerprint density at radius 3 is 2.25 bits per heavy atom. The van der Waals surface area contributed by atoms with Gasteiger partial charge in [-0.25, -0.2) is 4.90 Å². The molecule has 1 saturated carbocycles. The summed E-state index contributed by atoms with van der Waals surface area (Å²) >= 11 is 0. The number of amides is 2. The highest BCUT2D eigenvalue weighted by molar-refractivity contribution is 6.36. The lowest BCUT2D eigenvalue weighted by molar-refractivity contribution is -0.151. The van der Waals surface area contributed by atoms with Gasteiger partial charge in [-0.05, 0) is 17.7 Å². The maximum absolute atomic E-state index is 13.3. The van der Waals surface area contributed by atoms with Crippen molar-refractivity contribution >= 4 is 29.5 Å². The van der Waals surface area contributed by atoms with E-state index in [2.05, 4.69) is 0 Å². The first-order chi connectivity index (χ1) is 13.6. The number of nitriles is 1. The van der Waals surface area contributed by atoms with Crippen LogP contribution in [0.5, 0.6) is 0 Å². The average molecular weight is 372 g/mol. The van der Waals surface area contributed by atoms with Crippen LogP contribution in [-0.4, -0.2) is 24.9 Å². The van der Waals surface area contributed by atoms with Crippen LogP contribution in [0, 0.1) is 28.1 Å². The van der Waals surface area contributed by atoms with E-state index in [1.165, 1.54) is 0 Å². The number of anilines is 1. The van der Waals surface area contributed by atoms with Crippen LogP contribution in [0.4, 0.5) is 5.69 Å². The van der Waals surface area contributed by atoms with E-state index in [0.29, 0.717) is 5.69 Å². The Kier molecular flexibility index (Phi) is 3.90. The van der Waals surface area contributed by atoms with Crippen molar-refractivity contribution in [2.24, 2.45) is 16.7 Å². The van der Waals surface area contributed by atoms with E-state index in [-0.39, 0.29) is 0 Å². The first-order valence-electron chi connectivity index (χ1n) is 8.72. The molecule has 2 amide bonds. The summed E-state index contributed by atoms with van der Waals surface area (Å²) in [5.74, 6) is -3.16. The van der Waals surface area contributed by atoms with E-state index in [0.717, 1.165) is 17.6 Å². The van der Waals surface area contributed by atoms with E-state index in [4.69, 9.17) is 4.74 Å². The second-order valence-corrected chi connectivity index (χ2v) is 6.75. The van der Waals surface area contributed by atoms with Crippen molar-refractivity contribution in [3.63, 3.8) is 0 Å². The molecule has 0 aromatic heterocycles. The minimum absolute atomic E-state index is 0.327. The number of carbonyl (C=O) groups excluding carboxylic acids is 3. The van der Waals surface area contributed by atoms with Crippen LogP contribution in [0.15, 0.2) is 66.7 Å². The summed E-state index contributed by atoms with van der Waals surface area (Å²) in [5.41, 5.74) is -2.48. The van der Waals surface area contributed by atoms with E-state index in [9.17, 15) is 19.6 Å². The van der Waals surface area contributed by atoms with Gasteiger partial charge in [0.15, 0.2) is 10.8 Å². The average Bonchev–Trinajstić information content (AvgIpc) is 3.30. The van der Waals surface area contributed by atoms with E-state index < -0.39 is 34.5 Å². The van der Waals surface area contributed by atoms with Crippen molar-refractivity contribution in [3.05, 3.63) is 72.3 Å². The molecule has 3 atom stereocenters. The number of ether oxygens (including phenoxy) is 1. The molecule has 0 radical (unpaired) electrons. The third-order valence-electron chi connectivity index (χ3n) is 5.53. The van der Waals surface area contributed by atoms with Crippen LogP contribution < -0.4 is 4.90 Å². The number of imide groups is 1. The van der Waals surface area contributed by atoms with Gasteiger partial charge < -0.3 is 4.74 Å². The van der Waals surface area contributed by atoms with Crippen molar-refractivity contribution in [2.45, 2.75) is 0 Å². The first-order valence-corrected chi connectivity index (χ1v) is 8.72. The molecule has 1 aliphatic heterocycles. The summed E-state index contributed by atoms with van der Waals surface area (Å²) < 4.78 is 4.87. The van der Waals surface area contributed by atoms with E-state index in [1.807, 2.05) is 36.4 Å². The summed E-state index contributed by atoms with van der Waals surface area (Å²) in [6, 6.07) is 19.5. The Labute approximate surface area is 161 Å². The number of para-hydroxylation sites is 1. The molecule has 6 nitrogen and oxygen atoms in total. The third-order valence-corrected chi connectivity index (χ3v) is 5.53. The molecule has 2 aromatic carbocycles. The van der Waals surface area contributed by atoms with Crippen molar-refractivity contribution in [3.8, 4) is 6.07 Å². The van der Waals surface area contributed by atoms with Gasteiger partial charge in [0, 0.05) is 5.92 Å². The summed E-state index contributed by atoms with van der Waals surface area (Å²) in [6.45, 7) is 0. The number of hydrogen-bond acceptors (Lipinski definition) is 5. The molecule has 0 spiro atoms. The van der Waals surface area contributed by atoms with Gasteiger partial charge in [0.1, 0.15) is 0 Å². The number of hydrogen-bond donors (Lipinski definition) is 0. The number of methoxy groups -OCH3 is 1. The lowest BCUT2D eigenvalue weighted by atomic mass is 9.97. The van der Waals surface area contributed by atoms with Crippen molar-refractivity contribution in [2.75, 3.05) is 12.0 Å². The van der Waals surface area contributed by atoms with Crippen LogP contribution in [0.1, 0.15) is 5.56 Å². The summed E-state index contributed by atoms with van der Waals surface area (Å²) in [5, 5.41) is 9.91. The molecule has 4 rings (SSSR count). The molecule has 2 aliphatic rings. The van der Waals surface area contributed by atoms with Gasteiger partial charge in [0.25, 0.3) is 11.8 Å². The predicted octanol–water partition coefficient (Wildman–Crippen LogP) is 2.57. The highest BCUT2D eigenvalue weighted by atomic mass is 16.5. The first kappa shape index (κ1) is 17.7. The molecular weight excluding hydrogens is 356 g/mol. The van der Waals surface area contributed by atoms with E-state index >= 15 is 0 Å². The maximum Gasteiger partial charge on any atom is 0.324 e. The molecule has 2 aromatic rings. The fourth-order valence-corrected chi connectivity index (χ4v) is 4.17. The number of esters is 1. The normalized spacial score (nSPS) is 28.1. The smallest absolute Gasteiger partial charge is 0.324 e. The van der Waals surface area contributed by atoms with Crippen molar-refractivity contribution in [1.82, 2.24) is 0 Å². The summed E-state index contributed by atoms with van der Waals surface area (Å²) in [4.78, 5) is 40.1. The van der Waals surface area contributed by atoms with Crippen LogP contribution >= 0.6 is 0 Å². The topological polar surface area (TPSA) is 87.5 Å². The number of fused-ring (bicyclic) bond motifs is 1. The number of carbonyl (C=O) groups is 3. The zero-order valence-corrected chi connectivity index (χ0v) is 15.0. The Morgan fingerprint density at radius 2 is 1.68 bits per heavy atom. The number of piperidine rings is 1. The van der Waals surface area contributed by atoms with Crippen LogP contribution in [-0.2, 0) is 19.1 Å². The van der Waals surface area contributed by atoms with Gasteiger partial charge in [-0.1, -0.05) is 60.7 Å². The molecule has 1 aliphatic carbocycles. The quantitative estimate of drug-likeness (QED) is 0.468. The zero-order valence-electron chi connectivity index (χ0n) is 15.0. The molecule has 1 heterocycles. The lowest BCUT2D eigenvalue weighted by Crippen LogP contribution is -2.40. The van der Waals surface area contributed by atoms with Crippen LogP contribution in [0.3, 0.4) is 0 Å². The minimum Gasteiger partial charge on any atom is -0.468 e. The molecular formula is C22H16N2O4. The third kappa shape index (κ3) is 1.99. The van der Waals surface area contributed by atoms with Gasteiger partial charge in [-0.2, -0.15) is 5.26 Å². The van der Waals surface area contributed by atoms with Crippen LogP contribution in [0.2, 0.25) is 0 Å². The Morgan fingerprint density at radius 1 is 1.07 bits per heavy atom. The monoisotopic (exact) mass is 372 g/mol. The second kappa shape index (κ2) is 6.17. The molecule has 0 N–H and O–H groups in total.